The first-order valence-corrected chi connectivity index (χ1v) is 6.89. The van der Waals surface area contributed by atoms with Gasteiger partial charge in [-0.1, -0.05) is 12.5 Å². The average molecular weight is 250 g/mol. The molecule has 0 aromatic carbocycles. The van der Waals surface area contributed by atoms with E-state index < -0.39 is 0 Å². The lowest BCUT2D eigenvalue weighted by Crippen LogP contribution is -2.39. The Morgan fingerprint density at radius 1 is 1.59 bits per heavy atom. The summed E-state index contributed by atoms with van der Waals surface area (Å²) in [6, 6.07) is 4.23. The van der Waals surface area contributed by atoms with E-state index >= 15 is 0 Å². The lowest BCUT2D eigenvalue weighted by Gasteiger charge is -2.18. The number of rotatable bonds is 4. The third-order valence-corrected chi connectivity index (χ3v) is 4.07. The Labute approximate surface area is 106 Å². The first kappa shape index (κ1) is 12.3. The van der Waals surface area contributed by atoms with Gasteiger partial charge in [0.05, 0.1) is 0 Å². The molecule has 0 aliphatic heterocycles. The molecule has 1 fully saturated rings. The summed E-state index contributed by atoms with van der Waals surface area (Å²) in [7, 11) is 0. The van der Waals surface area contributed by atoms with Gasteiger partial charge in [-0.05, 0) is 42.8 Å². The largest absolute Gasteiger partial charge is 0.349 e. The van der Waals surface area contributed by atoms with E-state index in [1.54, 1.807) is 17.4 Å². The van der Waals surface area contributed by atoms with Crippen molar-refractivity contribution >= 4 is 23.3 Å². The monoisotopic (exact) mass is 250 g/mol. The normalized spacial score (nSPS) is 24.3. The Balaban J connectivity index is 1.85. The van der Waals surface area contributed by atoms with Crippen LogP contribution in [0.1, 0.15) is 24.1 Å². The van der Waals surface area contributed by atoms with Gasteiger partial charge in [-0.3, -0.25) is 4.79 Å². The van der Waals surface area contributed by atoms with Gasteiger partial charge in [-0.15, -0.1) is 11.3 Å². The molecule has 1 aliphatic rings. The van der Waals surface area contributed by atoms with Gasteiger partial charge >= 0.3 is 0 Å². The topological polar surface area (TPSA) is 55.1 Å². The van der Waals surface area contributed by atoms with Crippen molar-refractivity contribution in [3.63, 3.8) is 0 Å². The molecule has 1 aromatic heterocycles. The van der Waals surface area contributed by atoms with E-state index in [1.807, 2.05) is 23.6 Å². The van der Waals surface area contributed by atoms with E-state index in [-0.39, 0.29) is 11.9 Å². The Hall–Kier alpha value is -1.13. The minimum Gasteiger partial charge on any atom is -0.349 e. The van der Waals surface area contributed by atoms with Crippen LogP contribution in [0, 0.1) is 5.92 Å². The minimum absolute atomic E-state index is 0.0104. The highest BCUT2D eigenvalue weighted by molar-refractivity contribution is 7.10. The van der Waals surface area contributed by atoms with Gasteiger partial charge in [0.2, 0.25) is 5.91 Å². The van der Waals surface area contributed by atoms with Crippen molar-refractivity contribution in [1.82, 2.24) is 5.32 Å². The lowest BCUT2D eigenvalue weighted by molar-refractivity contribution is -0.117. The smallest absolute Gasteiger partial charge is 0.244 e. The molecular formula is C13H18N2OS. The maximum absolute atomic E-state index is 11.7. The van der Waals surface area contributed by atoms with E-state index in [0.717, 1.165) is 17.7 Å². The summed E-state index contributed by atoms with van der Waals surface area (Å²) in [5, 5.41) is 5.04. The first-order chi connectivity index (χ1) is 8.29. The third-order valence-electron chi connectivity index (χ3n) is 3.23. The fourth-order valence-corrected chi connectivity index (χ4v) is 2.90. The van der Waals surface area contributed by atoms with Crippen LogP contribution in [-0.4, -0.2) is 18.5 Å². The number of hydrogen-bond donors (Lipinski definition) is 2. The molecule has 1 heterocycles. The van der Waals surface area contributed by atoms with Gasteiger partial charge in [0.25, 0.3) is 0 Å². The van der Waals surface area contributed by atoms with Gasteiger partial charge in [-0.2, -0.15) is 0 Å². The number of carbonyl (C=O) groups is 1. The molecule has 4 heteroatoms. The Bertz CT molecular complexity index is 386. The van der Waals surface area contributed by atoms with Crippen LogP contribution in [0.15, 0.2) is 23.6 Å². The van der Waals surface area contributed by atoms with Crippen molar-refractivity contribution in [3.8, 4) is 0 Å². The van der Waals surface area contributed by atoms with Crippen LogP contribution in [0.25, 0.3) is 6.08 Å². The molecule has 0 radical (unpaired) electrons. The Kier molecular flexibility index (Phi) is 4.34. The predicted octanol–water partition coefficient (Wildman–Crippen LogP) is 2.00. The van der Waals surface area contributed by atoms with Crippen LogP contribution in [0.2, 0.25) is 0 Å². The molecule has 1 saturated carbocycles. The Morgan fingerprint density at radius 2 is 2.47 bits per heavy atom. The molecular weight excluding hydrogens is 232 g/mol. The van der Waals surface area contributed by atoms with Crippen LogP contribution in [0.5, 0.6) is 0 Å². The molecule has 2 atom stereocenters. The van der Waals surface area contributed by atoms with Crippen molar-refractivity contribution in [2.45, 2.75) is 25.3 Å². The third kappa shape index (κ3) is 3.41. The van der Waals surface area contributed by atoms with E-state index in [9.17, 15) is 4.79 Å². The SMILES string of the molecule is NCC1CCCC1NC(=O)C=Cc1cccs1. The highest BCUT2D eigenvalue weighted by Crippen LogP contribution is 2.24. The zero-order chi connectivity index (χ0) is 12.1. The summed E-state index contributed by atoms with van der Waals surface area (Å²) in [5.41, 5.74) is 5.68. The van der Waals surface area contributed by atoms with Crippen molar-refractivity contribution in [3.05, 3.63) is 28.5 Å². The molecule has 0 spiro atoms. The minimum atomic E-state index is -0.0104. The molecule has 92 valence electrons. The molecule has 2 rings (SSSR count). The van der Waals surface area contributed by atoms with Gasteiger partial charge in [0.15, 0.2) is 0 Å². The van der Waals surface area contributed by atoms with Gasteiger partial charge in [-0.25, -0.2) is 0 Å². The summed E-state index contributed by atoms with van der Waals surface area (Å²) in [6.07, 6.45) is 6.82. The van der Waals surface area contributed by atoms with E-state index in [4.69, 9.17) is 5.73 Å². The second-order valence-corrected chi connectivity index (χ2v) is 5.37. The number of nitrogens with two attached hydrogens (primary N) is 1. The summed E-state index contributed by atoms with van der Waals surface area (Å²) in [4.78, 5) is 12.8. The molecule has 2 unspecified atom stereocenters. The fourth-order valence-electron chi connectivity index (χ4n) is 2.28. The van der Waals surface area contributed by atoms with Crippen molar-refractivity contribution in [2.24, 2.45) is 11.7 Å². The maximum atomic E-state index is 11.7. The molecule has 1 amide bonds. The van der Waals surface area contributed by atoms with Crippen LogP contribution >= 0.6 is 11.3 Å². The molecule has 0 saturated heterocycles. The van der Waals surface area contributed by atoms with Crippen molar-refractivity contribution in [1.29, 1.82) is 0 Å². The summed E-state index contributed by atoms with van der Waals surface area (Å²) in [6.45, 7) is 0.666. The van der Waals surface area contributed by atoms with Crippen molar-refractivity contribution in [2.75, 3.05) is 6.54 Å². The predicted molar refractivity (Wildman–Crippen MR) is 71.7 cm³/mol. The Morgan fingerprint density at radius 3 is 3.18 bits per heavy atom. The van der Waals surface area contributed by atoms with Crippen LogP contribution in [0.3, 0.4) is 0 Å². The van der Waals surface area contributed by atoms with Crippen LogP contribution in [0.4, 0.5) is 0 Å². The fraction of sp³-hybridized carbons (Fsp3) is 0.462. The number of hydrogen-bond acceptors (Lipinski definition) is 3. The zero-order valence-electron chi connectivity index (χ0n) is 9.76. The number of thiophene rings is 1. The van der Waals surface area contributed by atoms with Crippen LogP contribution < -0.4 is 11.1 Å². The van der Waals surface area contributed by atoms with Gasteiger partial charge in [0.1, 0.15) is 0 Å². The quantitative estimate of drug-likeness (QED) is 0.803. The molecule has 3 N–H and O–H groups in total. The highest BCUT2D eigenvalue weighted by atomic mass is 32.1. The summed E-state index contributed by atoms with van der Waals surface area (Å²) >= 11 is 1.63. The van der Waals surface area contributed by atoms with Crippen LogP contribution in [-0.2, 0) is 4.79 Å². The van der Waals surface area contributed by atoms with Gasteiger partial charge < -0.3 is 11.1 Å². The average Bonchev–Trinajstić information content (AvgIpc) is 2.97. The van der Waals surface area contributed by atoms with E-state index in [0.29, 0.717) is 12.5 Å². The standard InChI is InChI=1S/C13H18N2OS/c14-9-10-3-1-5-12(10)15-13(16)7-6-11-4-2-8-17-11/h2,4,6-8,10,12H,1,3,5,9,14H2,(H,15,16). The van der Waals surface area contributed by atoms with Gasteiger partial charge in [0, 0.05) is 17.0 Å². The zero-order valence-corrected chi connectivity index (χ0v) is 10.6. The first-order valence-electron chi connectivity index (χ1n) is 6.01. The lowest BCUT2D eigenvalue weighted by atomic mass is 10.0. The van der Waals surface area contributed by atoms with Crippen molar-refractivity contribution < 1.29 is 4.79 Å². The molecule has 1 aromatic rings. The number of carbonyl (C=O) groups excluding carboxylic acids is 1. The molecule has 17 heavy (non-hydrogen) atoms. The van der Waals surface area contributed by atoms with E-state index in [2.05, 4.69) is 5.32 Å². The second kappa shape index (κ2) is 5.98. The highest BCUT2D eigenvalue weighted by Gasteiger charge is 2.26. The summed E-state index contributed by atoms with van der Waals surface area (Å²) in [5.74, 6) is 0.442. The number of amides is 1. The summed E-state index contributed by atoms with van der Waals surface area (Å²) < 4.78 is 0. The second-order valence-electron chi connectivity index (χ2n) is 4.39. The number of nitrogens with one attached hydrogen (secondary N) is 1. The maximum Gasteiger partial charge on any atom is 0.244 e. The molecule has 1 aliphatic carbocycles. The molecule has 3 nitrogen and oxygen atoms in total. The van der Waals surface area contributed by atoms with E-state index in [1.165, 1.54) is 6.42 Å². The molecule has 0 bridgehead atoms.